The van der Waals surface area contributed by atoms with Crippen LogP contribution in [0.25, 0.3) is 0 Å². The summed E-state index contributed by atoms with van der Waals surface area (Å²) in [6, 6.07) is 0. The SMILES string of the molecule is CC(Cl)c1nc(C2CCCS2)no1. The number of hydrogen-bond donors (Lipinski definition) is 0. The second-order valence-corrected chi connectivity index (χ2v) is 5.07. The lowest BCUT2D eigenvalue weighted by Crippen LogP contribution is -1.92. The quantitative estimate of drug-likeness (QED) is 0.716. The lowest BCUT2D eigenvalue weighted by Gasteiger charge is -1.99. The van der Waals surface area contributed by atoms with Crippen LogP contribution in [0, 0.1) is 0 Å². The normalized spacial score (nSPS) is 24.9. The van der Waals surface area contributed by atoms with Crippen LogP contribution < -0.4 is 0 Å². The van der Waals surface area contributed by atoms with Crippen molar-refractivity contribution in [1.29, 1.82) is 0 Å². The highest BCUT2D eigenvalue weighted by Crippen LogP contribution is 2.38. The van der Waals surface area contributed by atoms with Crippen molar-refractivity contribution in [2.75, 3.05) is 5.75 Å². The minimum Gasteiger partial charge on any atom is -0.338 e. The molecule has 0 spiro atoms. The number of alkyl halides is 1. The Labute approximate surface area is 86.2 Å². The van der Waals surface area contributed by atoms with Crippen molar-refractivity contribution in [2.24, 2.45) is 0 Å². The fraction of sp³-hybridized carbons (Fsp3) is 0.750. The van der Waals surface area contributed by atoms with E-state index >= 15 is 0 Å². The second-order valence-electron chi connectivity index (χ2n) is 3.11. The van der Waals surface area contributed by atoms with Gasteiger partial charge in [0.05, 0.1) is 5.25 Å². The molecule has 2 unspecified atom stereocenters. The molecule has 0 aromatic carbocycles. The predicted octanol–water partition coefficient (Wildman–Crippen LogP) is 2.94. The Kier molecular flexibility index (Phi) is 2.79. The Morgan fingerprint density at radius 1 is 1.69 bits per heavy atom. The summed E-state index contributed by atoms with van der Waals surface area (Å²) < 4.78 is 5.03. The van der Waals surface area contributed by atoms with Crippen LogP contribution in [0.4, 0.5) is 0 Å². The molecule has 1 aromatic rings. The van der Waals surface area contributed by atoms with Gasteiger partial charge < -0.3 is 4.52 Å². The molecule has 1 saturated heterocycles. The van der Waals surface area contributed by atoms with Crippen LogP contribution in [0.1, 0.15) is 42.1 Å². The topological polar surface area (TPSA) is 38.9 Å². The molecule has 5 heteroatoms. The average Bonchev–Trinajstić information content (AvgIpc) is 2.75. The maximum Gasteiger partial charge on any atom is 0.244 e. The average molecular weight is 219 g/mol. The van der Waals surface area contributed by atoms with E-state index in [0.29, 0.717) is 11.1 Å². The Bertz CT molecular complexity index is 283. The molecular formula is C8H11ClN2OS. The molecule has 72 valence electrons. The zero-order valence-electron chi connectivity index (χ0n) is 7.36. The smallest absolute Gasteiger partial charge is 0.244 e. The summed E-state index contributed by atoms with van der Waals surface area (Å²) in [7, 11) is 0. The van der Waals surface area contributed by atoms with E-state index in [0.717, 1.165) is 12.2 Å². The molecule has 2 heterocycles. The van der Waals surface area contributed by atoms with E-state index in [9.17, 15) is 0 Å². The largest absolute Gasteiger partial charge is 0.338 e. The summed E-state index contributed by atoms with van der Waals surface area (Å²) in [5.74, 6) is 2.54. The molecule has 0 N–H and O–H groups in total. The van der Waals surface area contributed by atoms with Crippen molar-refractivity contribution >= 4 is 23.4 Å². The van der Waals surface area contributed by atoms with E-state index in [1.807, 2.05) is 18.7 Å². The molecule has 0 radical (unpaired) electrons. The van der Waals surface area contributed by atoms with Crippen molar-refractivity contribution in [3.63, 3.8) is 0 Å². The van der Waals surface area contributed by atoms with Gasteiger partial charge in [0.25, 0.3) is 0 Å². The standard InChI is InChI=1S/C8H11ClN2OS/c1-5(9)8-10-7(11-12-8)6-3-2-4-13-6/h5-6H,2-4H2,1H3. The van der Waals surface area contributed by atoms with E-state index in [1.165, 1.54) is 12.2 Å². The third kappa shape index (κ3) is 1.99. The van der Waals surface area contributed by atoms with Crippen LogP contribution in [0.5, 0.6) is 0 Å². The van der Waals surface area contributed by atoms with Gasteiger partial charge in [0.2, 0.25) is 5.89 Å². The Morgan fingerprint density at radius 2 is 2.54 bits per heavy atom. The van der Waals surface area contributed by atoms with Crippen molar-refractivity contribution in [2.45, 2.75) is 30.4 Å². The summed E-state index contributed by atoms with van der Waals surface area (Å²) in [6.07, 6.45) is 2.40. The van der Waals surface area contributed by atoms with Gasteiger partial charge in [-0.25, -0.2) is 0 Å². The molecule has 3 nitrogen and oxygen atoms in total. The fourth-order valence-corrected chi connectivity index (χ4v) is 2.61. The first kappa shape index (κ1) is 9.34. The van der Waals surface area contributed by atoms with E-state index < -0.39 is 0 Å². The molecule has 0 bridgehead atoms. The van der Waals surface area contributed by atoms with Gasteiger partial charge in [-0.05, 0) is 25.5 Å². The zero-order chi connectivity index (χ0) is 9.26. The Hall–Kier alpha value is -0.220. The monoisotopic (exact) mass is 218 g/mol. The van der Waals surface area contributed by atoms with Gasteiger partial charge in [-0.1, -0.05) is 5.16 Å². The first-order valence-electron chi connectivity index (χ1n) is 4.36. The Morgan fingerprint density at radius 3 is 3.08 bits per heavy atom. The molecule has 13 heavy (non-hydrogen) atoms. The van der Waals surface area contributed by atoms with Gasteiger partial charge in [-0.3, -0.25) is 0 Å². The summed E-state index contributed by atoms with van der Waals surface area (Å²) >= 11 is 7.71. The van der Waals surface area contributed by atoms with Gasteiger partial charge in [-0.15, -0.1) is 11.6 Å². The maximum absolute atomic E-state index is 5.82. The van der Waals surface area contributed by atoms with Crippen LogP contribution in [0.2, 0.25) is 0 Å². The van der Waals surface area contributed by atoms with Crippen molar-refractivity contribution in [3.05, 3.63) is 11.7 Å². The maximum atomic E-state index is 5.82. The summed E-state index contributed by atoms with van der Waals surface area (Å²) in [5, 5.41) is 4.16. The van der Waals surface area contributed by atoms with Crippen LogP contribution in [0.3, 0.4) is 0 Å². The van der Waals surface area contributed by atoms with Gasteiger partial charge in [0.1, 0.15) is 5.38 Å². The molecule has 1 aliphatic heterocycles. The summed E-state index contributed by atoms with van der Waals surface area (Å²) in [5.41, 5.74) is 0. The number of thioether (sulfide) groups is 1. The molecule has 2 atom stereocenters. The molecule has 1 aliphatic rings. The molecule has 2 rings (SSSR count). The summed E-state index contributed by atoms with van der Waals surface area (Å²) in [4.78, 5) is 4.26. The van der Waals surface area contributed by atoms with E-state index in [2.05, 4.69) is 10.1 Å². The van der Waals surface area contributed by atoms with E-state index in [1.54, 1.807) is 0 Å². The van der Waals surface area contributed by atoms with E-state index in [-0.39, 0.29) is 5.38 Å². The van der Waals surface area contributed by atoms with Gasteiger partial charge in [-0.2, -0.15) is 16.7 Å². The zero-order valence-corrected chi connectivity index (χ0v) is 8.94. The van der Waals surface area contributed by atoms with Gasteiger partial charge in [0.15, 0.2) is 5.82 Å². The molecule has 1 fully saturated rings. The van der Waals surface area contributed by atoms with Crippen LogP contribution in [-0.2, 0) is 0 Å². The lowest BCUT2D eigenvalue weighted by molar-refractivity contribution is 0.373. The third-order valence-electron chi connectivity index (χ3n) is 2.02. The first-order valence-corrected chi connectivity index (χ1v) is 5.85. The molecule has 0 aliphatic carbocycles. The van der Waals surface area contributed by atoms with Gasteiger partial charge >= 0.3 is 0 Å². The highest BCUT2D eigenvalue weighted by atomic mass is 35.5. The second kappa shape index (κ2) is 3.88. The molecular weight excluding hydrogens is 208 g/mol. The molecule has 0 amide bonds. The number of halogens is 1. The highest BCUT2D eigenvalue weighted by molar-refractivity contribution is 7.99. The summed E-state index contributed by atoms with van der Waals surface area (Å²) in [6.45, 7) is 1.83. The number of nitrogens with zero attached hydrogens (tertiary/aromatic N) is 2. The number of rotatable bonds is 2. The van der Waals surface area contributed by atoms with Gasteiger partial charge in [0, 0.05) is 0 Å². The van der Waals surface area contributed by atoms with E-state index in [4.69, 9.17) is 16.1 Å². The first-order chi connectivity index (χ1) is 6.27. The fourth-order valence-electron chi connectivity index (χ4n) is 1.32. The third-order valence-corrected chi connectivity index (χ3v) is 3.58. The van der Waals surface area contributed by atoms with Crippen LogP contribution in [0.15, 0.2) is 4.52 Å². The van der Waals surface area contributed by atoms with Crippen LogP contribution >= 0.6 is 23.4 Å². The number of aromatic nitrogens is 2. The minimum atomic E-state index is -0.187. The predicted molar refractivity (Wildman–Crippen MR) is 53.0 cm³/mol. The minimum absolute atomic E-state index is 0.187. The molecule has 0 saturated carbocycles. The lowest BCUT2D eigenvalue weighted by atomic mass is 10.2. The highest BCUT2D eigenvalue weighted by Gasteiger charge is 2.23. The molecule has 1 aromatic heterocycles. The van der Waals surface area contributed by atoms with Crippen molar-refractivity contribution < 1.29 is 4.52 Å². The Balaban J connectivity index is 2.12. The van der Waals surface area contributed by atoms with Crippen molar-refractivity contribution in [3.8, 4) is 0 Å². The van der Waals surface area contributed by atoms with Crippen LogP contribution in [-0.4, -0.2) is 15.9 Å². The number of hydrogen-bond acceptors (Lipinski definition) is 4. The van der Waals surface area contributed by atoms with Crippen molar-refractivity contribution in [1.82, 2.24) is 10.1 Å².